The second-order valence-electron chi connectivity index (χ2n) is 6.52. The van der Waals surface area contributed by atoms with E-state index < -0.39 is 0 Å². The van der Waals surface area contributed by atoms with Crippen LogP contribution in [0.25, 0.3) is 0 Å². The largest absolute Gasteiger partial charge is 0.348 e. The third-order valence-corrected chi connectivity index (χ3v) is 4.78. The standard InChI is InChI=1S/C20H25FO2/c1-2-3-4-15-13-22-20(23-14-15)18-7-5-16(6-8-18)17-9-11-19(21)12-10-17/h2,5-8,11,15,17,20H,1,3-4,9-10,12-14H2/t15-,17?,20-. The number of hydrogen-bond donors (Lipinski definition) is 0. The van der Waals surface area contributed by atoms with E-state index in [2.05, 4.69) is 30.8 Å². The molecule has 2 nitrogen and oxygen atoms in total. The van der Waals surface area contributed by atoms with Crippen molar-refractivity contribution < 1.29 is 13.9 Å². The molecule has 1 atom stereocenters. The van der Waals surface area contributed by atoms with Crippen molar-refractivity contribution in [1.29, 1.82) is 0 Å². The Labute approximate surface area is 138 Å². The molecule has 1 aromatic carbocycles. The first-order chi connectivity index (χ1) is 11.3. The maximum absolute atomic E-state index is 13.1. The van der Waals surface area contributed by atoms with Crippen LogP contribution in [0.2, 0.25) is 0 Å². The van der Waals surface area contributed by atoms with Crippen LogP contribution in [0.3, 0.4) is 0 Å². The number of halogens is 1. The van der Waals surface area contributed by atoms with Gasteiger partial charge in [0.15, 0.2) is 6.29 Å². The third kappa shape index (κ3) is 4.30. The molecule has 3 heteroatoms. The smallest absolute Gasteiger partial charge is 0.183 e. The minimum atomic E-state index is -0.257. The maximum atomic E-state index is 13.1. The number of rotatable bonds is 5. The van der Waals surface area contributed by atoms with Gasteiger partial charge in [0.2, 0.25) is 0 Å². The van der Waals surface area contributed by atoms with Gasteiger partial charge < -0.3 is 9.47 Å². The molecule has 1 saturated heterocycles. The topological polar surface area (TPSA) is 18.5 Å². The predicted octanol–water partition coefficient (Wildman–Crippen LogP) is 5.44. The zero-order valence-corrected chi connectivity index (χ0v) is 13.5. The molecule has 0 spiro atoms. The lowest BCUT2D eigenvalue weighted by atomic mass is 9.87. The molecule has 0 saturated carbocycles. The normalized spacial score (nSPS) is 28.2. The van der Waals surface area contributed by atoms with Crippen LogP contribution in [0.15, 0.2) is 48.8 Å². The lowest BCUT2D eigenvalue weighted by Gasteiger charge is -2.29. The van der Waals surface area contributed by atoms with E-state index in [0.717, 1.165) is 44.5 Å². The highest BCUT2D eigenvalue weighted by molar-refractivity contribution is 5.27. The summed E-state index contributed by atoms with van der Waals surface area (Å²) in [5.74, 6) is 0.931. The molecule has 0 N–H and O–H groups in total. The molecule has 1 aliphatic carbocycles. The lowest BCUT2D eigenvalue weighted by Crippen LogP contribution is -2.27. The van der Waals surface area contributed by atoms with Crippen molar-refractivity contribution in [2.24, 2.45) is 5.92 Å². The van der Waals surface area contributed by atoms with Gasteiger partial charge in [-0.25, -0.2) is 4.39 Å². The first kappa shape index (κ1) is 16.4. The second kappa shape index (κ2) is 7.89. The van der Waals surface area contributed by atoms with Crippen LogP contribution in [0.1, 0.15) is 55.4 Å². The fourth-order valence-electron chi connectivity index (χ4n) is 3.29. The molecule has 1 heterocycles. The van der Waals surface area contributed by atoms with Crippen LogP contribution in [0, 0.1) is 5.92 Å². The van der Waals surface area contributed by atoms with Gasteiger partial charge in [-0.15, -0.1) is 6.58 Å². The second-order valence-corrected chi connectivity index (χ2v) is 6.52. The Bertz CT molecular complexity index is 541. The summed E-state index contributed by atoms with van der Waals surface area (Å²) in [5, 5.41) is 0. The van der Waals surface area contributed by atoms with Crippen molar-refractivity contribution in [2.45, 2.75) is 44.3 Å². The molecular weight excluding hydrogens is 291 g/mol. The molecule has 1 unspecified atom stereocenters. The summed E-state index contributed by atoms with van der Waals surface area (Å²) in [7, 11) is 0. The summed E-state index contributed by atoms with van der Waals surface area (Å²) < 4.78 is 24.8. The van der Waals surface area contributed by atoms with Crippen LogP contribution >= 0.6 is 0 Å². The van der Waals surface area contributed by atoms with E-state index in [1.807, 2.05) is 6.08 Å². The molecular formula is C20H25FO2. The average molecular weight is 316 g/mol. The van der Waals surface area contributed by atoms with Crippen molar-refractivity contribution in [3.05, 3.63) is 60.0 Å². The zero-order valence-electron chi connectivity index (χ0n) is 13.5. The summed E-state index contributed by atoms with van der Waals surface area (Å²) in [6.07, 6.45) is 7.74. The molecule has 2 aliphatic rings. The van der Waals surface area contributed by atoms with Crippen molar-refractivity contribution in [1.82, 2.24) is 0 Å². The predicted molar refractivity (Wildman–Crippen MR) is 89.8 cm³/mol. The number of allylic oxidation sites excluding steroid dienone is 3. The molecule has 0 aromatic heterocycles. The van der Waals surface area contributed by atoms with E-state index in [9.17, 15) is 4.39 Å². The minimum Gasteiger partial charge on any atom is -0.348 e. The van der Waals surface area contributed by atoms with E-state index in [4.69, 9.17) is 9.47 Å². The number of ether oxygens (including phenoxy) is 2. The molecule has 0 amide bonds. The molecule has 23 heavy (non-hydrogen) atoms. The highest BCUT2D eigenvalue weighted by atomic mass is 19.1. The summed E-state index contributed by atoms with van der Waals surface area (Å²) in [6.45, 7) is 5.24. The summed E-state index contributed by atoms with van der Waals surface area (Å²) in [5.41, 5.74) is 2.34. The summed E-state index contributed by atoms with van der Waals surface area (Å²) in [4.78, 5) is 0. The van der Waals surface area contributed by atoms with Gasteiger partial charge >= 0.3 is 0 Å². The van der Waals surface area contributed by atoms with Crippen LogP contribution in [-0.2, 0) is 9.47 Å². The Hall–Kier alpha value is -1.45. The van der Waals surface area contributed by atoms with Gasteiger partial charge in [-0.3, -0.25) is 0 Å². The molecule has 0 radical (unpaired) electrons. The Morgan fingerprint density at radius 2 is 1.83 bits per heavy atom. The van der Waals surface area contributed by atoms with E-state index in [1.165, 1.54) is 5.56 Å². The Balaban J connectivity index is 1.55. The summed E-state index contributed by atoms with van der Waals surface area (Å²) in [6, 6.07) is 8.43. The molecule has 124 valence electrons. The van der Waals surface area contributed by atoms with Gasteiger partial charge in [0.25, 0.3) is 0 Å². The van der Waals surface area contributed by atoms with E-state index in [-0.39, 0.29) is 12.1 Å². The van der Waals surface area contributed by atoms with Crippen molar-refractivity contribution in [3.8, 4) is 0 Å². The van der Waals surface area contributed by atoms with Crippen molar-refractivity contribution in [2.75, 3.05) is 13.2 Å². The lowest BCUT2D eigenvalue weighted by molar-refractivity contribution is -0.205. The van der Waals surface area contributed by atoms with Crippen LogP contribution < -0.4 is 0 Å². The first-order valence-corrected chi connectivity index (χ1v) is 8.54. The molecule has 1 aromatic rings. The Morgan fingerprint density at radius 3 is 2.43 bits per heavy atom. The van der Waals surface area contributed by atoms with Crippen molar-refractivity contribution in [3.63, 3.8) is 0 Å². The summed E-state index contributed by atoms with van der Waals surface area (Å²) >= 11 is 0. The Morgan fingerprint density at radius 1 is 1.13 bits per heavy atom. The first-order valence-electron chi connectivity index (χ1n) is 8.54. The van der Waals surface area contributed by atoms with Gasteiger partial charge in [0.05, 0.1) is 19.0 Å². The molecule has 1 fully saturated rings. The van der Waals surface area contributed by atoms with Crippen LogP contribution in [-0.4, -0.2) is 13.2 Å². The van der Waals surface area contributed by atoms with Gasteiger partial charge in [0.1, 0.15) is 0 Å². The highest BCUT2D eigenvalue weighted by Gasteiger charge is 2.23. The third-order valence-electron chi connectivity index (χ3n) is 4.78. The minimum absolute atomic E-state index is 0.0351. The van der Waals surface area contributed by atoms with E-state index in [0.29, 0.717) is 18.3 Å². The zero-order chi connectivity index (χ0) is 16.1. The highest BCUT2D eigenvalue weighted by Crippen LogP contribution is 2.34. The average Bonchev–Trinajstić information content (AvgIpc) is 2.61. The quantitative estimate of drug-likeness (QED) is 0.674. The molecule has 3 rings (SSSR count). The van der Waals surface area contributed by atoms with Crippen LogP contribution in [0.4, 0.5) is 4.39 Å². The van der Waals surface area contributed by atoms with Crippen LogP contribution in [0.5, 0.6) is 0 Å². The van der Waals surface area contributed by atoms with Gasteiger partial charge in [-0.05, 0) is 43.6 Å². The number of hydrogen-bond acceptors (Lipinski definition) is 2. The fourth-order valence-corrected chi connectivity index (χ4v) is 3.29. The van der Waals surface area contributed by atoms with Gasteiger partial charge in [-0.2, -0.15) is 0 Å². The fraction of sp³-hybridized carbons (Fsp3) is 0.500. The molecule has 0 bridgehead atoms. The van der Waals surface area contributed by atoms with E-state index >= 15 is 0 Å². The molecule has 1 aliphatic heterocycles. The van der Waals surface area contributed by atoms with Gasteiger partial charge in [-0.1, -0.05) is 36.4 Å². The van der Waals surface area contributed by atoms with E-state index in [1.54, 1.807) is 6.08 Å². The van der Waals surface area contributed by atoms with Crippen molar-refractivity contribution >= 4 is 0 Å². The Kier molecular flexibility index (Phi) is 5.63. The maximum Gasteiger partial charge on any atom is 0.183 e. The van der Waals surface area contributed by atoms with Gasteiger partial charge in [0, 0.05) is 11.5 Å². The number of benzene rings is 1. The SMILES string of the molecule is C=CCC[C@H]1CO[C@H](c2ccc(C3CC=C(F)CC3)cc2)OC1. The monoisotopic (exact) mass is 316 g/mol.